The van der Waals surface area contributed by atoms with Crippen LogP contribution in [-0.2, 0) is 4.74 Å². The number of carbonyl (C=O) groups excluding carboxylic acids is 1. The topological polar surface area (TPSA) is 41.6 Å². The number of halogens is 1. The molecular weight excluding hydrogens is 336 g/mol. The predicted molar refractivity (Wildman–Crippen MR) is 105 cm³/mol. The van der Waals surface area contributed by atoms with Crippen LogP contribution >= 0.6 is 11.6 Å². The molecule has 0 saturated heterocycles. The van der Waals surface area contributed by atoms with Crippen molar-refractivity contribution in [1.82, 2.24) is 10.2 Å². The lowest BCUT2D eigenvalue weighted by molar-refractivity contribution is 0.0276. The first-order valence-corrected chi connectivity index (χ1v) is 9.43. The second-order valence-corrected chi connectivity index (χ2v) is 8.20. The van der Waals surface area contributed by atoms with Crippen LogP contribution in [-0.4, -0.2) is 36.7 Å². The van der Waals surface area contributed by atoms with Gasteiger partial charge in [-0.15, -0.1) is 0 Å². The van der Waals surface area contributed by atoms with Crippen LogP contribution in [0.25, 0.3) is 0 Å². The zero-order chi connectivity index (χ0) is 19.0. The number of nitrogens with zero attached hydrogens (tertiary/aromatic N) is 1. The molecule has 0 radical (unpaired) electrons. The van der Waals surface area contributed by atoms with Gasteiger partial charge in [-0.25, -0.2) is 4.79 Å². The molecule has 2 unspecified atom stereocenters. The van der Waals surface area contributed by atoms with Gasteiger partial charge in [-0.05, 0) is 57.4 Å². The Hall–Kier alpha value is -1.26. The molecule has 0 bridgehead atoms. The molecule has 1 aromatic carbocycles. The van der Waals surface area contributed by atoms with Gasteiger partial charge in [-0.2, -0.15) is 0 Å². The van der Waals surface area contributed by atoms with Crippen LogP contribution in [0.3, 0.4) is 0 Å². The Kier molecular flexibility index (Phi) is 8.74. The number of nitrogens with one attached hydrogen (secondary N) is 1. The Labute approximate surface area is 157 Å². The molecule has 1 amide bonds. The smallest absolute Gasteiger partial charge is 0.410 e. The number of carbonyl (C=O) groups is 1. The van der Waals surface area contributed by atoms with Crippen molar-refractivity contribution >= 4 is 17.7 Å². The molecule has 5 heteroatoms. The van der Waals surface area contributed by atoms with E-state index < -0.39 is 5.60 Å². The fourth-order valence-corrected chi connectivity index (χ4v) is 2.79. The Morgan fingerprint density at radius 3 is 2.40 bits per heavy atom. The van der Waals surface area contributed by atoms with Crippen LogP contribution in [0.15, 0.2) is 24.3 Å². The van der Waals surface area contributed by atoms with Gasteiger partial charge in [0.25, 0.3) is 0 Å². The van der Waals surface area contributed by atoms with E-state index in [9.17, 15) is 4.79 Å². The Morgan fingerprint density at radius 1 is 1.28 bits per heavy atom. The van der Waals surface area contributed by atoms with Crippen molar-refractivity contribution < 1.29 is 9.53 Å². The van der Waals surface area contributed by atoms with Gasteiger partial charge in [0.05, 0.1) is 0 Å². The molecule has 1 aromatic rings. The summed E-state index contributed by atoms with van der Waals surface area (Å²) in [4.78, 5) is 13.7. The number of rotatable bonds is 8. The molecule has 0 heterocycles. The second kappa shape index (κ2) is 10.0. The highest BCUT2D eigenvalue weighted by Gasteiger charge is 2.21. The van der Waals surface area contributed by atoms with Gasteiger partial charge in [0.15, 0.2) is 0 Å². The minimum absolute atomic E-state index is 0.276. The van der Waals surface area contributed by atoms with E-state index in [-0.39, 0.29) is 6.09 Å². The normalized spacial score (nSPS) is 14.0. The molecule has 0 aromatic heterocycles. The van der Waals surface area contributed by atoms with E-state index in [1.54, 1.807) is 11.9 Å². The van der Waals surface area contributed by atoms with Crippen molar-refractivity contribution in [2.75, 3.05) is 20.1 Å². The summed E-state index contributed by atoms with van der Waals surface area (Å²) in [6.07, 6.45) is 1.89. The van der Waals surface area contributed by atoms with Gasteiger partial charge < -0.3 is 15.0 Å². The van der Waals surface area contributed by atoms with Crippen LogP contribution in [0, 0.1) is 5.92 Å². The molecule has 1 rings (SSSR count). The lowest BCUT2D eigenvalue weighted by atomic mass is 10.0. The summed E-state index contributed by atoms with van der Waals surface area (Å²) in [7, 11) is 1.79. The first-order chi connectivity index (χ1) is 11.6. The maximum Gasteiger partial charge on any atom is 0.410 e. The highest BCUT2D eigenvalue weighted by molar-refractivity contribution is 6.30. The number of ether oxygens (including phenoxy) is 1. The molecule has 25 heavy (non-hydrogen) atoms. The summed E-state index contributed by atoms with van der Waals surface area (Å²) in [5.74, 6) is 0.323. The zero-order valence-corrected chi connectivity index (χ0v) is 17.2. The summed E-state index contributed by atoms with van der Waals surface area (Å²) < 4.78 is 5.40. The Morgan fingerprint density at radius 2 is 1.88 bits per heavy atom. The van der Waals surface area contributed by atoms with Gasteiger partial charge in [0, 0.05) is 24.7 Å². The first-order valence-electron chi connectivity index (χ1n) is 9.05. The predicted octanol–water partition coefficient (Wildman–Crippen LogP) is 5.27. The van der Waals surface area contributed by atoms with Crippen LogP contribution in [0.5, 0.6) is 0 Å². The average Bonchev–Trinajstić information content (AvgIpc) is 2.50. The molecule has 0 spiro atoms. The lowest BCUT2D eigenvalue weighted by Gasteiger charge is -2.27. The Balaban J connectivity index is 2.53. The van der Waals surface area contributed by atoms with Gasteiger partial charge in [0.2, 0.25) is 0 Å². The summed E-state index contributed by atoms with van der Waals surface area (Å²) in [6, 6.07) is 8.32. The quantitative estimate of drug-likeness (QED) is 0.679. The number of hydrogen-bond donors (Lipinski definition) is 1. The van der Waals surface area contributed by atoms with E-state index in [1.807, 2.05) is 32.9 Å². The SMILES string of the molecule is CCCC(NCC(C)CN(C)C(=O)OC(C)(C)C)c1ccc(Cl)cc1. The van der Waals surface area contributed by atoms with Crippen LogP contribution in [0.1, 0.15) is 59.1 Å². The number of amides is 1. The fraction of sp³-hybridized carbons (Fsp3) is 0.650. The Bertz CT molecular complexity index is 525. The molecule has 1 N–H and O–H groups in total. The van der Waals surface area contributed by atoms with Crippen LogP contribution in [0.4, 0.5) is 4.79 Å². The van der Waals surface area contributed by atoms with E-state index in [2.05, 4.69) is 31.3 Å². The largest absolute Gasteiger partial charge is 0.444 e. The molecule has 2 atom stereocenters. The van der Waals surface area contributed by atoms with Crippen molar-refractivity contribution in [2.24, 2.45) is 5.92 Å². The van der Waals surface area contributed by atoms with E-state index in [1.165, 1.54) is 5.56 Å². The number of hydrogen-bond acceptors (Lipinski definition) is 3. The van der Waals surface area contributed by atoms with Crippen LogP contribution in [0.2, 0.25) is 5.02 Å². The molecule has 0 aliphatic heterocycles. The minimum atomic E-state index is -0.465. The molecule has 0 aliphatic carbocycles. The van der Waals surface area contributed by atoms with E-state index in [4.69, 9.17) is 16.3 Å². The van der Waals surface area contributed by atoms with E-state index >= 15 is 0 Å². The van der Waals surface area contributed by atoms with Crippen LogP contribution < -0.4 is 5.32 Å². The molecule has 0 aliphatic rings. The van der Waals surface area contributed by atoms with E-state index in [0.717, 1.165) is 24.4 Å². The third-order valence-corrected chi connectivity index (χ3v) is 4.11. The first kappa shape index (κ1) is 21.8. The summed E-state index contributed by atoms with van der Waals surface area (Å²) in [5, 5.41) is 4.38. The molecular formula is C20H33ClN2O2. The summed E-state index contributed by atoms with van der Waals surface area (Å²) in [5.41, 5.74) is 0.784. The van der Waals surface area contributed by atoms with Crippen molar-refractivity contribution in [1.29, 1.82) is 0 Å². The molecule has 0 saturated carbocycles. The van der Waals surface area contributed by atoms with E-state index in [0.29, 0.717) is 18.5 Å². The lowest BCUT2D eigenvalue weighted by Crippen LogP contribution is -2.39. The third-order valence-electron chi connectivity index (χ3n) is 3.85. The van der Waals surface area contributed by atoms with Gasteiger partial charge in [-0.3, -0.25) is 0 Å². The maximum atomic E-state index is 12.1. The highest BCUT2D eigenvalue weighted by Crippen LogP contribution is 2.21. The van der Waals surface area contributed by atoms with Crippen molar-refractivity contribution in [3.05, 3.63) is 34.9 Å². The highest BCUT2D eigenvalue weighted by atomic mass is 35.5. The summed E-state index contributed by atoms with van der Waals surface area (Å²) >= 11 is 5.98. The summed E-state index contributed by atoms with van der Waals surface area (Å²) in [6.45, 7) is 11.5. The number of benzene rings is 1. The molecule has 0 fully saturated rings. The van der Waals surface area contributed by atoms with Crippen molar-refractivity contribution in [3.63, 3.8) is 0 Å². The maximum absolute atomic E-state index is 12.1. The average molecular weight is 369 g/mol. The monoisotopic (exact) mass is 368 g/mol. The third kappa shape index (κ3) is 8.59. The minimum Gasteiger partial charge on any atom is -0.444 e. The molecule has 4 nitrogen and oxygen atoms in total. The second-order valence-electron chi connectivity index (χ2n) is 7.77. The zero-order valence-electron chi connectivity index (χ0n) is 16.4. The molecule has 142 valence electrons. The standard InChI is InChI=1S/C20H33ClN2O2/c1-7-8-18(16-9-11-17(21)12-10-16)22-13-15(2)14-23(6)19(24)25-20(3,4)5/h9-12,15,18,22H,7-8,13-14H2,1-6H3. The van der Waals surface area contributed by atoms with Crippen molar-refractivity contribution in [3.8, 4) is 0 Å². The van der Waals surface area contributed by atoms with Crippen molar-refractivity contribution in [2.45, 2.75) is 59.1 Å². The van der Waals surface area contributed by atoms with Gasteiger partial charge >= 0.3 is 6.09 Å². The van der Waals surface area contributed by atoms with Gasteiger partial charge in [0.1, 0.15) is 5.60 Å². The fourth-order valence-electron chi connectivity index (χ4n) is 2.66. The van der Waals surface area contributed by atoms with Gasteiger partial charge in [-0.1, -0.05) is 44.0 Å².